The number of terminal acetylenes is 1. The predicted octanol–water partition coefficient (Wildman–Crippen LogP) is 1.96. The van der Waals surface area contributed by atoms with Gasteiger partial charge in [0.2, 0.25) is 0 Å². The van der Waals surface area contributed by atoms with Crippen LogP contribution in [0.4, 0.5) is 0 Å². The minimum absolute atomic E-state index is 0.698. The summed E-state index contributed by atoms with van der Waals surface area (Å²) < 4.78 is 0. The van der Waals surface area contributed by atoms with Crippen molar-refractivity contribution in [3.05, 3.63) is 12.4 Å². The summed E-state index contributed by atoms with van der Waals surface area (Å²) in [5.41, 5.74) is 0. The van der Waals surface area contributed by atoms with E-state index in [1.165, 1.54) is 32.1 Å². The molecule has 2 rings (SSSR count). The van der Waals surface area contributed by atoms with Crippen molar-refractivity contribution in [3.63, 3.8) is 0 Å². The first-order valence-corrected chi connectivity index (χ1v) is 6.07. The third-order valence-corrected chi connectivity index (χ3v) is 3.19. The van der Waals surface area contributed by atoms with Crippen LogP contribution >= 0.6 is 0 Å². The molecule has 1 aliphatic carbocycles. The smallest absolute Gasteiger partial charge is 0.102 e. The van der Waals surface area contributed by atoms with Crippen LogP contribution in [0.15, 0.2) is 12.4 Å². The zero-order valence-corrected chi connectivity index (χ0v) is 9.95. The maximum absolute atomic E-state index is 5.02. The van der Waals surface area contributed by atoms with Gasteiger partial charge in [-0.15, -0.1) is 6.42 Å². The molecule has 0 atom stereocenters. The Kier molecular flexibility index (Phi) is 4.01. The van der Waals surface area contributed by atoms with Gasteiger partial charge in [0.1, 0.15) is 6.67 Å². The lowest BCUT2D eigenvalue weighted by atomic mass is 9.95. The Bertz CT molecular complexity index is 441. The van der Waals surface area contributed by atoms with Gasteiger partial charge in [-0.3, -0.25) is 4.90 Å². The average Bonchev–Trinajstić information content (AvgIpc) is 2.85. The number of rotatable bonds is 1. The van der Waals surface area contributed by atoms with Crippen molar-refractivity contribution in [2.45, 2.75) is 38.1 Å². The second-order valence-electron chi connectivity index (χ2n) is 4.35. The molecular weight excluding hydrogens is 208 g/mol. The third-order valence-electron chi connectivity index (χ3n) is 3.19. The molecular formula is C15H16N2. The van der Waals surface area contributed by atoms with Crippen molar-refractivity contribution in [2.75, 3.05) is 6.67 Å². The topological polar surface area (TPSA) is 6.48 Å². The fourth-order valence-corrected chi connectivity index (χ4v) is 2.33. The summed E-state index contributed by atoms with van der Waals surface area (Å²) in [4.78, 5) is 4.34. The second-order valence-corrected chi connectivity index (χ2v) is 4.35. The lowest BCUT2D eigenvalue weighted by Gasteiger charge is -2.31. The van der Waals surface area contributed by atoms with Crippen LogP contribution in [-0.2, 0) is 0 Å². The molecule has 17 heavy (non-hydrogen) atoms. The van der Waals surface area contributed by atoms with E-state index in [1.54, 1.807) is 0 Å². The van der Waals surface area contributed by atoms with Gasteiger partial charge in [-0.1, -0.05) is 19.3 Å². The predicted molar refractivity (Wildman–Crippen MR) is 68.9 cm³/mol. The Labute approximate surface area is 104 Å². The van der Waals surface area contributed by atoms with Crippen molar-refractivity contribution in [1.29, 1.82) is 0 Å². The van der Waals surface area contributed by atoms with Gasteiger partial charge >= 0.3 is 0 Å². The SMILES string of the molecule is C#CC#CC#CN1C=CN(C2CCCCC2)C1. The first-order chi connectivity index (χ1) is 8.40. The van der Waals surface area contributed by atoms with Gasteiger partial charge in [0.15, 0.2) is 0 Å². The Morgan fingerprint density at radius 2 is 1.82 bits per heavy atom. The van der Waals surface area contributed by atoms with Crippen molar-refractivity contribution < 1.29 is 0 Å². The standard InChI is InChI=1S/C15H16N2/c1-2-3-4-8-11-16-12-13-17(14-16)15-9-6-5-7-10-15/h1,12-13,15H,5-7,9-10,14H2. The molecule has 1 heterocycles. The lowest BCUT2D eigenvalue weighted by molar-refractivity contribution is 0.199. The minimum atomic E-state index is 0.698. The molecule has 0 N–H and O–H groups in total. The fraction of sp³-hybridized carbons (Fsp3) is 0.467. The van der Waals surface area contributed by atoms with Gasteiger partial charge in [-0.25, -0.2) is 0 Å². The summed E-state index contributed by atoms with van der Waals surface area (Å²) in [6.45, 7) is 0.857. The van der Waals surface area contributed by atoms with E-state index in [4.69, 9.17) is 6.42 Å². The largest absolute Gasteiger partial charge is 0.355 e. The monoisotopic (exact) mass is 224 g/mol. The summed E-state index contributed by atoms with van der Waals surface area (Å²) in [7, 11) is 0. The van der Waals surface area contributed by atoms with E-state index in [0.717, 1.165) is 6.67 Å². The van der Waals surface area contributed by atoms with Gasteiger partial charge in [0.05, 0.1) is 0 Å². The summed E-state index contributed by atoms with van der Waals surface area (Å²) in [6.07, 6.45) is 15.9. The highest BCUT2D eigenvalue weighted by Gasteiger charge is 2.22. The second kappa shape index (κ2) is 5.93. The molecule has 0 aromatic heterocycles. The van der Waals surface area contributed by atoms with E-state index in [-0.39, 0.29) is 0 Å². The van der Waals surface area contributed by atoms with Crippen LogP contribution in [0.1, 0.15) is 32.1 Å². The summed E-state index contributed by atoms with van der Waals surface area (Å²) in [5, 5.41) is 0. The Hall–Kier alpha value is -1.98. The molecule has 0 aromatic carbocycles. The normalized spacial score (nSPS) is 19.0. The van der Waals surface area contributed by atoms with Crippen molar-refractivity contribution in [1.82, 2.24) is 9.80 Å². The van der Waals surface area contributed by atoms with Gasteiger partial charge in [0.25, 0.3) is 0 Å². The van der Waals surface area contributed by atoms with Crippen LogP contribution in [0.25, 0.3) is 0 Å². The van der Waals surface area contributed by atoms with Crippen molar-refractivity contribution in [3.8, 4) is 36.1 Å². The summed E-state index contributed by atoms with van der Waals surface area (Å²) >= 11 is 0. The molecule has 0 unspecified atom stereocenters. The van der Waals surface area contributed by atoms with Crippen LogP contribution in [0.2, 0.25) is 0 Å². The summed E-state index contributed by atoms with van der Waals surface area (Å²) in [5.74, 6) is 10.1. The molecule has 0 aromatic rings. The zero-order valence-electron chi connectivity index (χ0n) is 9.95. The van der Waals surface area contributed by atoms with Gasteiger partial charge in [-0.2, -0.15) is 0 Å². The molecule has 2 aliphatic rings. The van der Waals surface area contributed by atoms with Gasteiger partial charge in [-0.05, 0) is 24.7 Å². The van der Waals surface area contributed by atoms with Crippen LogP contribution in [-0.4, -0.2) is 22.5 Å². The zero-order chi connectivity index (χ0) is 11.9. The first-order valence-electron chi connectivity index (χ1n) is 6.07. The molecule has 0 saturated heterocycles. The first kappa shape index (κ1) is 11.5. The Morgan fingerprint density at radius 1 is 1.00 bits per heavy atom. The van der Waals surface area contributed by atoms with Crippen LogP contribution in [0, 0.1) is 36.1 Å². The highest BCUT2D eigenvalue weighted by Crippen LogP contribution is 2.24. The Morgan fingerprint density at radius 3 is 2.59 bits per heavy atom. The highest BCUT2D eigenvalue weighted by molar-refractivity contribution is 5.34. The molecule has 2 heteroatoms. The lowest BCUT2D eigenvalue weighted by Crippen LogP contribution is -2.34. The van der Waals surface area contributed by atoms with Gasteiger partial charge in [0, 0.05) is 36.3 Å². The number of hydrogen-bond donors (Lipinski definition) is 0. The summed E-state index contributed by atoms with van der Waals surface area (Å²) in [6, 6.07) is 3.67. The maximum Gasteiger partial charge on any atom is 0.102 e. The minimum Gasteiger partial charge on any atom is -0.355 e. The average molecular weight is 224 g/mol. The molecule has 86 valence electrons. The molecule has 0 radical (unpaired) electrons. The maximum atomic E-state index is 5.02. The van der Waals surface area contributed by atoms with Crippen LogP contribution in [0.3, 0.4) is 0 Å². The van der Waals surface area contributed by atoms with Crippen LogP contribution < -0.4 is 0 Å². The van der Waals surface area contributed by atoms with E-state index >= 15 is 0 Å². The van der Waals surface area contributed by atoms with Gasteiger partial charge < -0.3 is 4.90 Å². The van der Waals surface area contributed by atoms with E-state index in [9.17, 15) is 0 Å². The quantitative estimate of drug-likeness (QED) is 0.628. The number of nitrogens with zero attached hydrogens (tertiary/aromatic N) is 2. The molecule has 2 nitrogen and oxygen atoms in total. The van der Waals surface area contributed by atoms with E-state index in [1.807, 2.05) is 11.1 Å². The third kappa shape index (κ3) is 3.24. The fourth-order valence-electron chi connectivity index (χ4n) is 2.33. The molecule has 0 spiro atoms. The van der Waals surface area contributed by atoms with E-state index in [2.05, 4.69) is 40.8 Å². The van der Waals surface area contributed by atoms with E-state index < -0.39 is 0 Å². The van der Waals surface area contributed by atoms with E-state index in [0.29, 0.717) is 6.04 Å². The Balaban J connectivity index is 1.85. The molecule has 1 fully saturated rings. The highest BCUT2D eigenvalue weighted by atomic mass is 15.3. The molecule has 1 saturated carbocycles. The van der Waals surface area contributed by atoms with Crippen molar-refractivity contribution in [2.24, 2.45) is 0 Å². The molecule has 1 aliphatic heterocycles. The molecule has 0 amide bonds. The van der Waals surface area contributed by atoms with Crippen molar-refractivity contribution >= 4 is 0 Å². The number of hydrogen-bond acceptors (Lipinski definition) is 2. The molecule has 0 bridgehead atoms. The van der Waals surface area contributed by atoms with Crippen LogP contribution in [0.5, 0.6) is 0 Å².